The van der Waals surface area contributed by atoms with Gasteiger partial charge in [0.15, 0.2) is 0 Å². The van der Waals surface area contributed by atoms with Crippen LogP contribution >= 0.6 is 15.9 Å². The Bertz CT molecular complexity index is 558. The Balaban J connectivity index is 1.84. The van der Waals surface area contributed by atoms with E-state index in [4.69, 9.17) is 4.74 Å². The van der Waals surface area contributed by atoms with Crippen molar-refractivity contribution < 1.29 is 4.74 Å². The van der Waals surface area contributed by atoms with E-state index in [1.54, 1.807) is 0 Å². The maximum absolute atomic E-state index is 5.65. The number of nitrogens with one attached hydrogen (secondary N) is 1. The average molecular weight is 350 g/mol. The van der Waals surface area contributed by atoms with Crippen LogP contribution in [0.25, 0.3) is 0 Å². The van der Waals surface area contributed by atoms with Crippen LogP contribution in [-0.2, 0) is 13.2 Å². The molecule has 5 heteroatoms. The molecular weight excluding hydrogens is 330 g/mol. The quantitative estimate of drug-likeness (QED) is 0.829. The first-order valence-corrected chi connectivity index (χ1v) is 7.84. The van der Waals surface area contributed by atoms with E-state index in [2.05, 4.69) is 45.3 Å². The molecule has 4 nitrogen and oxygen atoms in total. The van der Waals surface area contributed by atoms with Gasteiger partial charge in [-0.1, -0.05) is 48.0 Å². The maximum atomic E-state index is 5.65. The van der Waals surface area contributed by atoms with Gasteiger partial charge in [-0.25, -0.2) is 0 Å². The molecule has 0 spiro atoms. The Hall–Kier alpha value is -1.46. The lowest BCUT2D eigenvalue weighted by molar-refractivity contribution is 0.289. The number of nitrogens with zero attached hydrogens (tertiary/aromatic N) is 2. The zero-order chi connectivity index (χ0) is 15.1. The molecule has 0 saturated heterocycles. The minimum absolute atomic E-state index is 0.473. The second-order valence-corrected chi connectivity index (χ2v) is 6.12. The first-order chi connectivity index (χ1) is 10.1. The van der Waals surface area contributed by atoms with Crippen molar-refractivity contribution in [3.63, 3.8) is 0 Å². The van der Waals surface area contributed by atoms with Gasteiger partial charge in [-0.15, -0.1) is 5.10 Å². The molecule has 1 N–H and O–H groups in total. The number of halogens is 1. The number of hydrogen-bond donors (Lipinski definition) is 1. The van der Waals surface area contributed by atoms with E-state index in [1.807, 2.05) is 36.4 Å². The Labute approximate surface area is 134 Å². The summed E-state index contributed by atoms with van der Waals surface area (Å²) in [5, 5.41) is 11.6. The van der Waals surface area contributed by atoms with E-state index in [0.29, 0.717) is 18.4 Å². The number of ether oxygens (including phenoxy) is 1. The van der Waals surface area contributed by atoms with Crippen molar-refractivity contribution in [3.05, 3.63) is 52.1 Å². The fraction of sp³-hybridized carbons (Fsp3) is 0.375. The van der Waals surface area contributed by atoms with E-state index < -0.39 is 0 Å². The first kappa shape index (κ1) is 15.9. The summed E-state index contributed by atoms with van der Waals surface area (Å²) in [5.41, 5.74) is 2.01. The van der Waals surface area contributed by atoms with Gasteiger partial charge in [0, 0.05) is 22.6 Å². The zero-order valence-corrected chi connectivity index (χ0v) is 13.9. The van der Waals surface area contributed by atoms with Gasteiger partial charge in [-0.3, -0.25) is 0 Å². The largest absolute Gasteiger partial charge is 0.472 e. The second kappa shape index (κ2) is 8.10. The minimum atomic E-state index is 0.473. The highest BCUT2D eigenvalue weighted by Crippen LogP contribution is 2.17. The molecule has 0 radical (unpaired) electrons. The van der Waals surface area contributed by atoms with E-state index >= 15 is 0 Å². The molecule has 0 unspecified atom stereocenters. The molecule has 2 rings (SSSR count). The van der Waals surface area contributed by atoms with E-state index in [1.165, 1.54) is 0 Å². The summed E-state index contributed by atoms with van der Waals surface area (Å²) < 4.78 is 6.68. The van der Waals surface area contributed by atoms with Crippen molar-refractivity contribution in [1.82, 2.24) is 15.5 Å². The smallest absolute Gasteiger partial charge is 0.233 e. The van der Waals surface area contributed by atoms with Crippen molar-refractivity contribution in [3.8, 4) is 5.88 Å². The predicted molar refractivity (Wildman–Crippen MR) is 87.1 cm³/mol. The third-order valence-electron chi connectivity index (χ3n) is 2.89. The standard InChI is InChI=1S/C16H20BrN3O/c1-12(2)9-18-10-14-7-8-16(20-19-14)21-11-13-5-3-4-6-15(13)17/h3-8,12,18H,9-11H2,1-2H3. The molecule has 0 aliphatic carbocycles. The Morgan fingerprint density at radius 2 is 1.95 bits per heavy atom. The molecule has 0 amide bonds. The maximum Gasteiger partial charge on any atom is 0.233 e. The molecular formula is C16H20BrN3O. The highest BCUT2D eigenvalue weighted by Gasteiger charge is 2.02. The topological polar surface area (TPSA) is 47.0 Å². The van der Waals surface area contributed by atoms with Crippen LogP contribution in [0.15, 0.2) is 40.9 Å². The lowest BCUT2D eigenvalue weighted by Gasteiger charge is -2.08. The molecule has 0 saturated carbocycles. The number of rotatable bonds is 7. The number of hydrogen-bond acceptors (Lipinski definition) is 4. The summed E-state index contributed by atoms with van der Waals surface area (Å²) in [4.78, 5) is 0. The van der Waals surface area contributed by atoms with Crippen LogP contribution in [0.4, 0.5) is 0 Å². The van der Waals surface area contributed by atoms with Gasteiger partial charge in [-0.2, -0.15) is 5.10 Å². The van der Waals surface area contributed by atoms with Crippen LogP contribution in [0.3, 0.4) is 0 Å². The van der Waals surface area contributed by atoms with Gasteiger partial charge < -0.3 is 10.1 Å². The van der Waals surface area contributed by atoms with Gasteiger partial charge in [-0.05, 0) is 24.6 Å². The highest BCUT2D eigenvalue weighted by atomic mass is 79.9. The van der Waals surface area contributed by atoms with Gasteiger partial charge in [0.1, 0.15) is 6.61 Å². The van der Waals surface area contributed by atoms with Crippen molar-refractivity contribution in [2.75, 3.05) is 6.54 Å². The predicted octanol–water partition coefficient (Wildman–Crippen LogP) is 3.56. The summed E-state index contributed by atoms with van der Waals surface area (Å²) in [7, 11) is 0. The molecule has 1 aromatic heterocycles. The number of aromatic nitrogens is 2. The van der Waals surface area contributed by atoms with Crippen molar-refractivity contribution in [1.29, 1.82) is 0 Å². The summed E-state index contributed by atoms with van der Waals surface area (Å²) in [6.45, 7) is 6.54. The molecule has 2 aromatic rings. The van der Waals surface area contributed by atoms with Crippen LogP contribution in [0.2, 0.25) is 0 Å². The van der Waals surface area contributed by atoms with Gasteiger partial charge in [0.25, 0.3) is 0 Å². The fourth-order valence-corrected chi connectivity index (χ4v) is 2.17. The Morgan fingerprint density at radius 3 is 2.62 bits per heavy atom. The summed E-state index contributed by atoms with van der Waals surface area (Å²) in [6, 6.07) is 11.8. The van der Waals surface area contributed by atoms with Crippen molar-refractivity contribution in [2.45, 2.75) is 27.0 Å². The van der Waals surface area contributed by atoms with Gasteiger partial charge in [0.05, 0.1) is 5.69 Å². The molecule has 0 aliphatic heterocycles. The monoisotopic (exact) mass is 349 g/mol. The van der Waals surface area contributed by atoms with Crippen LogP contribution in [0.5, 0.6) is 5.88 Å². The summed E-state index contributed by atoms with van der Waals surface area (Å²) >= 11 is 3.50. The van der Waals surface area contributed by atoms with E-state index in [-0.39, 0.29) is 0 Å². The van der Waals surface area contributed by atoms with E-state index in [0.717, 1.165) is 28.8 Å². The first-order valence-electron chi connectivity index (χ1n) is 7.04. The lowest BCUT2D eigenvalue weighted by Crippen LogP contribution is -2.19. The average Bonchev–Trinajstić information content (AvgIpc) is 2.47. The molecule has 1 heterocycles. The van der Waals surface area contributed by atoms with Crippen molar-refractivity contribution in [2.24, 2.45) is 5.92 Å². The molecule has 0 bridgehead atoms. The van der Waals surface area contributed by atoms with Crippen LogP contribution < -0.4 is 10.1 Å². The number of benzene rings is 1. The summed E-state index contributed by atoms with van der Waals surface area (Å²) in [6.07, 6.45) is 0. The van der Waals surface area contributed by atoms with Crippen LogP contribution in [0.1, 0.15) is 25.1 Å². The highest BCUT2D eigenvalue weighted by molar-refractivity contribution is 9.10. The fourth-order valence-electron chi connectivity index (χ4n) is 1.77. The SMILES string of the molecule is CC(C)CNCc1ccc(OCc2ccccc2Br)nn1. The van der Waals surface area contributed by atoms with Gasteiger partial charge >= 0.3 is 0 Å². The Kier molecular flexibility index (Phi) is 6.14. The molecule has 21 heavy (non-hydrogen) atoms. The third-order valence-corrected chi connectivity index (χ3v) is 3.66. The molecule has 112 valence electrons. The summed E-state index contributed by atoms with van der Waals surface area (Å²) in [5.74, 6) is 1.17. The Morgan fingerprint density at radius 1 is 1.14 bits per heavy atom. The third kappa shape index (κ3) is 5.44. The zero-order valence-electron chi connectivity index (χ0n) is 12.3. The normalized spacial score (nSPS) is 10.9. The van der Waals surface area contributed by atoms with Crippen molar-refractivity contribution >= 4 is 15.9 Å². The molecule has 0 atom stereocenters. The lowest BCUT2D eigenvalue weighted by atomic mass is 10.2. The second-order valence-electron chi connectivity index (χ2n) is 5.27. The van der Waals surface area contributed by atoms with E-state index in [9.17, 15) is 0 Å². The van der Waals surface area contributed by atoms with Crippen LogP contribution in [-0.4, -0.2) is 16.7 Å². The van der Waals surface area contributed by atoms with Gasteiger partial charge in [0.2, 0.25) is 5.88 Å². The molecule has 1 aromatic carbocycles. The van der Waals surface area contributed by atoms with Crippen LogP contribution in [0, 0.1) is 5.92 Å². The molecule has 0 aliphatic rings. The molecule has 0 fully saturated rings. The minimum Gasteiger partial charge on any atom is -0.472 e.